The van der Waals surface area contributed by atoms with Gasteiger partial charge >= 0.3 is 0 Å². The van der Waals surface area contributed by atoms with Gasteiger partial charge < -0.3 is 10.3 Å². The van der Waals surface area contributed by atoms with Crippen LogP contribution >= 0.6 is 23.1 Å². The summed E-state index contributed by atoms with van der Waals surface area (Å²) in [5.41, 5.74) is 3.98. The molecular formula is C20H19N5OS2. The molecule has 6 nitrogen and oxygen atoms in total. The molecule has 142 valence electrons. The molecule has 0 spiro atoms. The predicted molar refractivity (Wildman–Crippen MR) is 116 cm³/mol. The Morgan fingerprint density at radius 2 is 1.96 bits per heavy atom. The molecule has 0 amide bonds. The van der Waals surface area contributed by atoms with Gasteiger partial charge in [-0.15, -0.1) is 10.2 Å². The van der Waals surface area contributed by atoms with E-state index in [1.807, 2.05) is 31.2 Å². The van der Waals surface area contributed by atoms with Crippen molar-refractivity contribution in [2.45, 2.75) is 30.4 Å². The average Bonchev–Trinajstić information content (AvgIpc) is 3.11. The molecule has 1 atom stereocenters. The second-order valence-corrected chi connectivity index (χ2v) is 9.11. The second kappa shape index (κ2) is 7.73. The standard InChI is InChI=1S/C20H19N5OS2/c1-11-8-9-15(12(2)10-11)22-19-24-25-20(28-19)27-13(3)17-21-16-7-5-4-6-14(16)18(26)23-17/h4-10,13H,1-3H3,(H,22,24)(H,21,23,26)/t13-/m1/s1. The zero-order valence-corrected chi connectivity index (χ0v) is 17.3. The highest BCUT2D eigenvalue weighted by atomic mass is 32.2. The van der Waals surface area contributed by atoms with Gasteiger partial charge in [0.05, 0.1) is 16.2 Å². The number of fused-ring (bicyclic) bond motifs is 1. The van der Waals surface area contributed by atoms with Gasteiger partial charge in [-0.05, 0) is 44.5 Å². The Morgan fingerprint density at radius 1 is 1.14 bits per heavy atom. The zero-order chi connectivity index (χ0) is 19.7. The molecular weight excluding hydrogens is 390 g/mol. The van der Waals surface area contributed by atoms with Crippen LogP contribution in [0.5, 0.6) is 0 Å². The fourth-order valence-corrected chi connectivity index (χ4v) is 4.85. The number of aromatic nitrogens is 4. The van der Waals surface area contributed by atoms with Gasteiger partial charge in [0.1, 0.15) is 5.82 Å². The normalized spacial score (nSPS) is 12.2. The monoisotopic (exact) mass is 409 g/mol. The summed E-state index contributed by atoms with van der Waals surface area (Å²) < 4.78 is 0.815. The number of aromatic amines is 1. The Morgan fingerprint density at radius 3 is 2.79 bits per heavy atom. The molecule has 2 aromatic heterocycles. The van der Waals surface area contributed by atoms with E-state index in [2.05, 4.69) is 51.5 Å². The smallest absolute Gasteiger partial charge is 0.258 e. The molecule has 0 radical (unpaired) electrons. The van der Waals surface area contributed by atoms with E-state index in [1.165, 1.54) is 28.7 Å². The van der Waals surface area contributed by atoms with Gasteiger partial charge in [-0.2, -0.15) is 0 Å². The number of anilines is 2. The molecule has 0 saturated heterocycles. The number of aryl methyl sites for hydroxylation is 2. The summed E-state index contributed by atoms with van der Waals surface area (Å²) in [6, 6.07) is 13.6. The Kier molecular flexibility index (Phi) is 5.15. The van der Waals surface area contributed by atoms with Crippen molar-refractivity contribution in [3.63, 3.8) is 0 Å². The molecule has 4 rings (SSSR count). The minimum absolute atomic E-state index is 0.0563. The molecule has 0 unspecified atom stereocenters. The van der Waals surface area contributed by atoms with Crippen molar-refractivity contribution >= 4 is 44.8 Å². The van der Waals surface area contributed by atoms with Gasteiger partial charge in [0.15, 0.2) is 4.34 Å². The molecule has 4 aromatic rings. The van der Waals surface area contributed by atoms with Crippen LogP contribution in [0, 0.1) is 13.8 Å². The van der Waals surface area contributed by atoms with Crippen LogP contribution in [0.25, 0.3) is 10.9 Å². The van der Waals surface area contributed by atoms with Crippen molar-refractivity contribution in [2.75, 3.05) is 5.32 Å². The number of nitrogens with one attached hydrogen (secondary N) is 2. The quantitative estimate of drug-likeness (QED) is 0.452. The van der Waals surface area contributed by atoms with Gasteiger partial charge in [-0.3, -0.25) is 4.79 Å². The van der Waals surface area contributed by atoms with Crippen LogP contribution in [0.15, 0.2) is 51.6 Å². The van der Waals surface area contributed by atoms with Crippen LogP contribution in [0.4, 0.5) is 10.8 Å². The van der Waals surface area contributed by atoms with Gasteiger partial charge in [-0.1, -0.05) is 52.9 Å². The number of para-hydroxylation sites is 1. The van der Waals surface area contributed by atoms with Crippen molar-refractivity contribution in [1.29, 1.82) is 0 Å². The summed E-state index contributed by atoms with van der Waals surface area (Å²) in [5, 5.41) is 13.1. The highest BCUT2D eigenvalue weighted by Gasteiger charge is 2.15. The largest absolute Gasteiger partial charge is 0.330 e. The summed E-state index contributed by atoms with van der Waals surface area (Å²) in [7, 11) is 0. The number of H-pyrrole nitrogens is 1. The van der Waals surface area contributed by atoms with Gasteiger partial charge in [0.25, 0.3) is 5.56 Å². The minimum Gasteiger partial charge on any atom is -0.330 e. The van der Waals surface area contributed by atoms with Crippen molar-refractivity contribution < 1.29 is 0 Å². The number of hydrogen-bond donors (Lipinski definition) is 2. The molecule has 2 heterocycles. The number of benzene rings is 2. The molecule has 0 bridgehead atoms. The fourth-order valence-electron chi connectivity index (χ4n) is 2.88. The second-order valence-electron chi connectivity index (χ2n) is 6.54. The molecule has 8 heteroatoms. The molecule has 2 N–H and O–H groups in total. The van der Waals surface area contributed by atoms with Crippen molar-refractivity contribution in [2.24, 2.45) is 0 Å². The van der Waals surface area contributed by atoms with E-state index in [0.717, 1.165) is 20.7 Å². The van der Waals surface area contributed by atoms with Crippen LogP contribution in [0.3, 0.4) is 0 Å². The van der Waals surface area contributed by atoms with Crippen LogP contribution in [0.1, 0.15) is 29.1 Å². The number of rotatable bonds is 5. The third-order valence-corrected chi connectivity index (χ3v) is 6.36. The zero-order valence-electron chi connectivity index (χ0n) is 15.7. The summed E-state index contributed by atoms with van der Waals surface area (Å²) in [6.07, 6.45) is 0. The number of thioether (sulfide) groups is 1. The summed E-state index contributed by atoms with van der Waals surface area (Å²) in [6.45, 7) is 6.13. The van der Waals surface area contributed by atoms with E-state index in [9.17, 15) is 4.79 Å². The van der Waals surface area contributed by atoms with Crippen molar-refractivity contribution in [1.82, 2.24) is 20.2 Å². The maximum Gasteiger partial charge on any atom is 0.258 e. The van der Waals surface area contributed by atoms with E-state index in [4.69, 9.17) is 0 Å². The first-order valence-electron chi connectivity index (χ1n) is 8.83. The maximum atomic E-state index is 12.3. The number of hydrogen-bond acceptors (Lipinski definition) is 7. The van der Waals surface area contributed by atoms with Crippen LogP contribution in [-0.2, 0) is 0 Å². The molecule has 0 fully saturated rings. The molecule has 0 aliphatic rings. The lowest BCUT2D eigenvalue weighted by molar-refractivity contribution is 0.916. The molecule has 28 heavy (non-hydrogen) atoms. The number of nitrogens with zero attached hydrogens (tertiary/aromatic N) is 3. The lowest BCUT2D eigenvalue weighted by Gasteiger charge is -2.09. The van der Waals surface area contributed by atoms with Gasteiger partial charge in [0.2, 0.25) is 5.13 Å². The first kappa shape index (κ1) is 18.6. The van der Waals surface area contributed by atoms with Crippen LogP contribution in [0.2, 0.25) is 0 Å². The lowest BCUT2D eigenvalue weighted by atomic mass is 10.1. The Labute approximate surface area is 170 Å². The summed E-state index contributed by atoms with van der Waals surface area (Å²) >= 11 is 3.01. The van der Waals surface area contributed by atoms with Crippen molar-refractivity contribution in [3.8, 4) is 0 Å². The summed E-state index contributed by atoms with van der Waals surface area (Å²) in [4.78, 5) is 19.8. The van der Waals surface area contributed by atoms with Gasteiger partial charge in [0, 0.05) is 5.69 Å². The Hall–Kier alpha value is -2.71. The third-order valence-electron chi connectivity index (χ3n) is 4.32. The van der Waals surface area contributed by atoms with E-state index in [-0.39, 0.29) is 10.8 Å². The van der Waals surface area contributed by atoms with E-state index in [1.54, 1.807) is 6.07 Å². The molecule has 0 saturated carbocycles. The van der Waals surface area contributed by atoms with E-state index >= 15 is 0 Å². The van der Waals surface area contributed by atoms with Crippen LogP contribution in [-0.4, -0.2) is 20.2 Å². The Bertz CT molecular complexity index is 1200. The highest BCUT2D eigenvalue weighted by Crippen LogP contribution is 2.37. The van der Waals surface area contributed by atoms with Crippen molar-refractivity contribution in [3.05, 3.63) is 69.8 Å². The maximum absolute atomic E-state index is 12.3. The third kappa shape index (κ3) is 3.93. The first-order chi connectivity index (χ1) is 13.5. The highest BCUT2D eigenvalue weighted by molar-refractivity contribution is 8.01. The minimum atomic E-state index is -0.123. The van der Waals surface area contributed by atoms with E-state index < -0.39 is 0 Å². The Balaban J connectivity index is 1.51. The SMILES string of the molecule is Cc1ccc(Nc2nnc(S[C@H](C)c3nc4ccccc4c(=O)[nH]3)s2)c(C)c1. The first-order valence-corrected chi connectivity index (χ1v) is 10.5. The fraction of sp³-hybridized carbons (Fsp3) is 0.200. The molecule has 2 aromatic carbocycles. The topological polar surface area (TPSA) is 83.6 Å². The van der Waals surface area contributed by atoms with Gasteiger partial charge in [-0.25, -0.2) is 4.98 Å². The summed E-state index contributed by atoms with van der Waals surface area (Å²) in [5.74, 6) is 0.632. The molecule has 0 aliphatic carbocycles. The van der Waals surface area contributed by atoms with Crippen LogP contribution < -0.4 is 10.9 Å². The van der Waals surface area contributed by atoms with E-state index in [0.29, 0.717) is 16.7 Å². The predicted octanol–water partition coefficient (Wildman–Crippen LogP) is 4.99. The lowest BCUT2D eigenvalue weighted by Crippen LogP contribution is -2.12. The molecule has 0 aliphatic heterocycles. The average molecular weight is 410 g/mol.